The maximum absolute atomic E-state index is 4.09. The summed E-state index contributed by atoms with van der Waals surface area (Å²) in [5.41, 5.74) is 1.92. The van der Waals surface area contributed by atoms with Gasteiger partial charge in [-0.2, -0.15) is 0 Å². The summed E-state index contributed by atoms with van der Waals surface area (Å²) in [6.45, 7) is 0. The van der Waals surface area contributed by atoms with E-state index >= 15 is 0 Å². The van der Waals surface area contributed by atoms with Crippen LogP contribution in [0.5, 0.6) is 0 Å². The third kappa shape index (κ3) is 1.29. The zero-order valence-electron chi connectivity index (χ0n) is 6.49. The molecule has 12 heavy (non-hydrogen) atoms. The molecule has 58 valence electrons. The third-order valence-corrected chi connectivity index (χ3v) is 1.59. The molecule has 1 N–H and O–H groups in total. The summed E-state index contributed by atoms with van der Waals surface area (Å²) in [4.78, 5) is 4.09. The molecule has 0 amide bonds. The minimum atomic E-state index is 0.915. The summed E-state index contributed by atoms with van der Waals surface area (Å²) in [7, 11) is 0. The van der Waals surface area contributed by atoms with Crippen LogP contribution in [0.15, 0.2) is 59.0 Å². The van der Waals surface area contributed by atoms with Crippen LogP contribution in [-0.4, -0.2) is 5.87 Å². The normalized spacial score (nSPS) is 24.7. The maximum Gasteiger partial charge on any atom is 0.0964 e. The summed E-state index contributed by atoms with van der Waals surface area (Å²) < 4.78 is 0. The molecule has 0 saturated carbocycles. The largest absolute Gasteiger partial charge is 0.360 e. The monoisotopic (exact) mass is 156 g/mol. The average Bonchev–Trinajstić information content (AvgIpc) is 2.21. The van der Waals surface area contributed by atoms with Gasteiger partial charge in [0, 0.05) is 6.20 Å². The lowest BCUT2D eigenvalue weighted by Gasteiger charge is -2.07. The molecule has 0 unspecified atom stereocenters. The van der Waals surface area contributed by atoms with Crippen LogP contribution in [0.3, 0.4) is 0 Å². The molecule has 2 aliphatic heterocycles. The highest BCUT2D eigenvalue weighted by atomic mass is 14.9. The Morgan fingerprint density at radius 1 is 1.17 bits per heavy atom. The molecule has 0 radical (unpaired) electrons. The molecule has 2 rings (SSSR count). The zero-order valence-corrected chi connectivity index (χ0v) is 6.49. The molecule has 0 aliphatic carbocycles. The smallest absolute Gasteiger partial charge is 0.0964 e. The zero-order chi connectivity index (χ0) is 8.23. The van der Waals surface area contributed by atoms with Crippen LogP contribution in [0.25, 0.3) is 0 Å². The van der Waals surface area contributed by atoms with E-state index in [-0.39, 0.29) is 0 Å². The Hall–Kier alpha value is -1.79. The molecular weight excluding hydrogens is 148 g/mol. The highest BCUT2D eigenvalue weighted by Crippen LogP contribution is 2.10. The Bertz CT molecular complexity index is 361. The Labute approximate surface area is 71.0 Å². The first-order valence-electron chi connectivity index (χ1n) is 3.77. The second-order valence-electron chi connectivity index (χ2n) is 2.43. The molecule has 2 nitrogen and oxygen atoms in total. The van der Waals surface area contributed by atoms with Crippen LogP contribution in [0.2, 0.25) is 0 Å². The maximum atomic E-state index is 4.09. The van der Waals surface area contributed by atoms with Crippen molar-refractivity contribution in [3.05, 3.63) is 54.1 Å². The van der Waals surface area contributed by atoms with Gasteiger partial charge in [-0.25, -0.2) is 4.99 Å². The van der Waals surface area contributed by atoms with E-state index in [4.69, 9.17) is 0 Å². The molecule has 0 atom stereocenters. The first kappa shape index (κ1) is 6.89. The molecule has 0 spiro atoms. The van der Waals surface area contributed by atoms with Gasteiger partial charge in [0.05, 0.1) is 11.4 Å². The van der Waals surface area contributed by atoms with E-state index in [0.29, 0.717) is 0 Å². The molecule has 2 heterocycles. The fourth-order valence-electron chi connectivity index (χ4n) is 1.03. The van der Waals surface area contributed by atoms with Crippen LogP contribution >= 0.6 is 0 Å². The van der Waals surface area contributed by atoms with Crippen molar-refractivity contribution in [3.63, 3.8) is 0 Å². The summed E-state index contributed by atoms with van der Waals surface area (Å²) in [5.74, 6) is 2.79. The van der Waals surface area contributed by atoms with Gasteiger partial charge in [0.2, 0.25) is 0 Å². The lowest BCUT2D eigenvalue weighted by Crippen LogP contribution is -2.07. The molecule has 2 aliphatic rings. The molecule has 0 fully saturated rings. The Morgan fingerprint density at radius 2 is 2.17 bits per heavy atom. The van der Waals surface area contributed by atoms with Crippen molar-refractivity contribution in [2.24, 2.45) is 4.99 Å². The highest BCUT2D eigenvalue weighted by Gasteiger charge is 2.00. The predicted octanol–water partition coefficient (Wildman–Crippen LogP) is 1.67. The lowest BCUT2D eigenvalue weighted by atomic mass is 10.2. The van der Waals surface area contributed by atoms with Gasteiger partial charge in [-0.1, -0.05) is 12.2 Å². The standard InChI is InChI=1S/C10H8N2/c1-3-7-11-9(5-1)10-6-2-4-8-12-10/h1-7,11H/b10-9+. The number of allylic oxidation sites excluding steroid dienone is 6. The van der Waals surface area contributed by atoms with E-state index < -0.39 is 0 Å². The van der Waals surface area contributed by atoms with Gasteiger partial charge in [0.25, 0.3) is 0 Å². The SMILES string of the molecule is C1=CC=C/C(=C2/C=CC=CN2)N=1. The Balaban J connectivity index is 2.38. The van der Waals surface area contributed by atoms with Crippen molar-refractivity contribution in [1.29, 1.82) is 0 Å². The van der Waals surface area contributed by atoms with Crippen molar-refractivity contribution in [3.8, 4) is 0 Å². The predicted molar refractivity (Wildman–Crippen MR) is 49.6 cm³/mol. The molecule has 2 heteroatoms. The second-order valence-corrected chi connectivity index (χ2v) is 2.43. The number of nitrogens with one attached hydrogen (secondary N) is 1. The third-order valence-electron chi connectivity index (χ3n) is 1.59. The van der Waals surface area contributed by atoms with Crippen LogP contribution < -0.4 is 5.32 Å². The van der Waals surface area contributed by atoms with E-state index in [0.717, 1.165) is 11.4 Å². The molecule has 0 bridgehead atoms. The highest BCUT2D eigenvalue weighted by molar-refractivity contribution is 5.61. The quantitative estimate of drug-likeness (QED) is 0.566. The summed E-state index contributed by atoms with van der Waals surface area (Å²) in [5, 5.41) is 3.10. The Kier molecular flexibility index (Phi) is 1.77. The van der Waals surface area contributed by atoms with E-state index in [1.807, 2.05) is 36.6 Å². The lowest BCUT2D eigenvalue weighted by molar-refractivity contribution is 1.06. The number of hydrogen-bond donors (Lipinski definition) is 1. The van der Waals surface area contributed by atoms with Crippen molar-refractivity contribution < 1.29 is 0 Å². The van der Waals surface area contributed by atoms with Crippen LogP contribution in [0.4, 0.5) is 0 Å². The number of hydrogen-bond acceptors (Lipinski definition) is 2. The number of rotatable bonds is 0. The van der Waals surface area contributed by atoms with Crippen LogP contribution in [0.1, 0.15) is 0 Å². The van der Waals surface area contributed by atoms with E-state index in [9.17, 15) is 0 Å². The molecule has 0 aromatic heterocycles. The first-order chi connectivity index (χ1) is 5.97. The van der Waals surface area contributed by atoms with Gasteiger partial charge in [-0.3, -0.25) is 0 Å². The second kappa shape index (κ2) is 3.07. The topological polar surface area (TPSA) is 24.4 Å². The number of nitrogens with zero attached hydrogens (tertiary/aromatic N) is 1. The van der Waals surface area contributed by atoms with E-state index in [1.165, 1.54) is 0 Å². The molecular formula is C10H8N2. The van der Waals surface area contributed by atoms with Gasteiger partial charge < -0.3 is 5.32 Å². The fourth-order valence-corrected chi connectivity index (χ4v) is 1.03. The van der Waals surface area contributed by atoms with Gasteiger partial charge in [-0.05, 0) is 30.2 Å². The summed E-state index contributed by atoms with van der Waals surface area (Å²) in [6.07, 6.45) is 13.4. The fraction of sp³-hybridized carbons (Fsp3) is 0. The van der Waals surface area contributed by atoms with E-state index in [1.54, 1.807) is 6.08 Å². The average molecular weight is 156 g/mol. The van der Waals surface area contributed by atoms with Crippen molar-refractivity contribution in [2.75, 3.05) is 0 Å². The summed E-state index contributed by atoms with van der Waals surface area (Å²) in [6, 6.07) is 0. The van der Waals surface area contributed by atoms with Gasteiger partial charge in [0.1, 0.15) is 0 Å². The van der Waals surface area contributed by atoms with Gasteiger partial charge in [-0.15, -0.1) is 0 Å². The Morgan fingerprint density at radius 3 is 2.83 bits per heavy atom. The van der Waals surface area contributed by atoms with Crippen molar-refractivity contribution in [2.45, 2.75) is 0 Å². The minimum Gasteiger partial charge on any atom is -0.360 e. The molecule has 0 aromatic rings. The van der Waals surface area contributed by atoms with Crippen molar-refractivity contribution >= 4 is 5.87 Å². The van der Waals surface area contributed by atoms with Crippen molar-refractivity contribution in [1.82, 2.24) is 5.32 Å². The van der Waals surface area contributed by atoms with Crippen LogP contribution in [-0.2, 0) is 0 Å². The van der Waals surface area contributed by atoms with E-state index in [2.05, 4.69) is 16.2 Å². The van der Waals surface area contributed by atoms with Gasteiger partial charge in [0.15, 0.2) is 0 Å². The first-order valence-corrected chi connectivity index (χ1v) is 3.77. The molecule has 0 saturated heterocycles. The van der Waals surface area contributed by atoms with Crippen LogP contribution in [0, 0.1) is 0 Å². The van der Waals surface area contributed by atoms with Gasteiger partial charge >= 0.3 is 0 Å². The minimum absolute atomic E-state index is 0.915. The number of dihydropyridines is 1. The molecule has 0 aromatic carbocycles. The summed E-state index contributed by atoms with van der Waals surface area (Å²) >= 11 is 0. The number of aliphatic imine (C=N–C) groups is 1.